The lowest BCUT2D eigenvalue weighted by Crippen LogP contribution is -2.15. The number of Topliss-reactive ketones (excluding diaryl/α,β-unsaturated/α-hetero) is 1. The first-order valence-electron chi connectivity index (χ1n) is 6.36. The number of hydrogen-bond donors (Lipinski definition) is 1. The number of alkyl halides is 3. The molecular formula is C14H10ClF3N2O3S. The first-order chi connectivity index (χ1) is 11.1. The summed E-state index contributed by atoms with van der Waals surface area (Å²) in [5.74, 6) is -1.03. The van der Waals surface area contributed by atoms with E-state index in [0.717, 1.165) is 5.38 Å². The Kier molecular flexibility index (Phi) is 5.14. The molecule has 0 fully saturated rings. The van der Waals surface area contributed by atoms with Gasteiger partial charge in [-0.1, -0.05) is 11.6 Å². The molecule has 128 valence electrons. The van der Waals surface area contributed by atoms with Gasteiger partial charge < -0.3 is 10.1 Å². The van der Waals surface area contributed by atoms with Crippen molar-refractivity contribution in [3.05, 3.63) is 38.8 Å². The Morgan fingerprint density at radius 1 is 1.33 bits per heavy atom. The van der Waals surface area contributed by atoms with Crippen molar-refractivity contribution in [3.8, 4) is 5.75 Å². The summed E-state index contributed by atoms with van der Waals surface area (Å²) in [6.07, 6.45) is -4.62. The third-order valence-corrected chi connectivity index (χ3v) is 4.08. The largest absolute Gasteiger partial charge is 0.494 e. The number of anilines is 1. The van der Waals surface area contributed by atoms with E-state index in [0.29, 0.717) is 11.3 Å². The fourth-order valence-corrected chi connectivity index (χ4v) is 2.68. The number of carbonyl (C=O) groups excluding carboxylic acids is 2. The van der Waals surface area contributed by atoms with Crippen LogP contribution in [0.3, 0.4) is 0 Å². The molecule has 0 bridgehead atoms. The van der Waals surface area contributed by atoms with E-state index < -0.39 is 22.8 Å². The van der Waals surface area contributed by atoms with E-state index in [9.17, 15) is 22.8 Å². The van der Waals surface area contributed by atoms with Crippen molar-refractivity contribution in [3.63, 3.8) is 0 Å². The van der Waals surface area contributed by atoms with Crippen LogP contribution in [0, 0.1) is 0 Å². The van der Waals surface area contributed by atoms with Crippen LogP contribution >= 0.6 is 22.9 Å². The fourth-order valence-electron chi connectivity index (χ4n) is 1.75. The topological polar surface area (TPSA) is 68.3 Å². The van der Waals surface area contributed by atoms with Crippen molar-refractivity contribution in [2.75, 3.05) is 12.4 Å². The highest BCUT2D eigenvalue weighted by Gasteiger charge is 2.35. The van der Waals surface area contributed by atoms with Gasteiger partial charge in [0.1, 0.15) is 17.1 Å². The monoisotopic (exact) mass is 378 g/mol. The van der Waals surface area contributed by atoms with Crippen molar-refractivity contribution in [2.24, 2.45) is 0 Å². The number of amides is 1. The summed E-state index contributed by atoms with van der Waals surface area (Å²) in [4.78, 5) is 26.7. The lowest BCUT2D eigenvalue weighted by molar-refractivity contribution is -0.137. The van der Waals surface area contributed by atoms with Crippen LogP contribution in [-0.2, 0) is 6.18 Å². The molecule has 0 saturated heterocycles. The highest BCUT2D eigenvalue weighted by molar-refractivity contribution is 7.10. The van der Waals surface area contributed by atoms with Crippen LogP contribution in [0.15, 0.2) is 17.5 Å². The number of rotatable bonds is 4. The molecule has 24 heavy (non-hydrogen) atoms. The van der Waals surface area contributed by atoms with Crippen molar-refractivity contribution in [2.45, 2.75) is 13.1 Å². The number of nitrogens with zero attached hydrogens (tertiary/aromatic N) is 1. The first kappa shape index (κ1) is 18.2. The van der Waals surface area contributed by atoms with Gasteiger partial charge in [0.15, 0.2) is 10.8 Å². The number of carbonyl (C=O) groups is 2. The van der Waals surface area contributed by atoms with Gasteiger partial charge >= 0.3 is 6.18 Å². The molecule has 0 spiro atoms. The van der Waals surface area contributed by atoms with Gasteiger partial charge in [0.2, 0.25) is 0 Å². The number of benzene rings is 1. The highest BCUT2D eigenvalue weighted by Crippen LogP contribution is 2.35. The number of halogens is 4. The molecule has 1 N–H and O–H groups in total. The standard InChI is InChI=1S/C14H10ClF3N2O3S/c1-6(21)7-3-8(15)11(10(4-7)23-2)20-12(22)9-5-24-13(19-9)14(16,17)18/h3-5H,1-2H3,(H,20,22). The Balaban J connectivity index is 2.32. The van der Waals surface area contributed by atoms with Gasteiger partial charge in [0.05, 0.1) is 12.1 Å². The third kappa shape index (κ3) is 3.85. The van der Waals surface area contributed by atoms with Gasteiger partial charge in [-0.05, 0) is 19.1 Å². The summed E-state index contributed by atoms with van der Waals surface area (Å²) in [6, 6.07) is 2.69. The van der Waals surface area contributed by atoms with Crippen LogP contribution in [0.4, 0.5) is 18.9 Å². The Labute approximate surface area is 143 Å². The molecule has 1 aromatic heterocycles. The molecular weight excluding hydrogens is 369 g/mol. The molecule has 0 aliphatic carbocycles. The Morgan fingerprint density at radius 3 is 2.50 bits per heavy atom. The predicted molar refractivity (Wildman–Crippen MR) is 83.1 cm³/mol. The summed E-state index contributed by atoms with van der Waals surface area (Å²) in [6.45, 7) is 1.33. The van der Waals surface area contributed by atoms with E-state index in [1.165, 1.54) is 26.2 Å². The first-order valence-corrected chi connectivity index (χ1v) is 7.61. The number of aromatic nitrogens is 1. The maximum atomic E-state index is 12.5. The van der Waals surface area contributed by atoms with Crippen molar-refractivity contribution in [1.29, 1.82) is 0 Å². The molecule has 1 aromatic carbocycles. The van der Waals surface area contributed by atoms with Crippen LogP contribution in [-0.4, -0.2) is 23.8 Å². The van der Waals surface area contributed by atoms with Gasteiger partial charge in [0, 0.05) is 10.9 Å². The zero-order chi connectivity index (χ0) is 18.1. The molecule has 1 amide bonds. The molecule has 10 heteroatoms. The second-order valence-electron chi connectivity index (χ2n) is 4.58. The second kappa shape index (κ2) is 6.78. The summed E-state index contributed by atoms with van der Waals surface area (Å²) in [7, 11) is 1.30. The summed E-state index contributed by atoms with van der Waals surface area (Å²) < 4.78 is 42.7. The summed E-state index contributed by atoms with van der Waals surface area (Å²) in [5.41, 5.74) is -0.0975. The number of hydrogen-bond acceptors (Lipinski definition) is 5. The zero-order valence-electron chi connectivity index (χ0n) is 12.3. The number of ketones is 1. The van der Waals surface area contributed by atoms with Crippen LogP contribution in [0.1, 0.15) is 32.8 Å². The minimum absolute atomic E-state index is 0.0131. The zero-order valence-corrected chi connectivity index (χ0v) is 13.9. The SMILES string of the molecule is COc1cc(C(C)=O)cc(Cl)c1NC(=O)c1csc(C(F)(F)F)n1. The molecule has 0 saturated carbocycles. The smallest absolute Gasteiger partial charge is 0.443 e. The van der Waals surface area contributed by atoms with Crippen LogP contribution in [0.5, 0.6) is 5.75 Å². The average molecular weight is 379 g/mol. The van der Waals surface area contributed by atoms with Crippen molar-refractivity contribution < 1.29 is 27.5 Å². The average Bonchev–Trinajstić information content (AvgIpc) is 2.98. The molecule has 5 nitrogen and oxygen atoms in total. The van der Waals surface area contributed by atoms with Crippen LogP contribution in [0.25, 0.3) is 0 Å². The highest BCUT2D eigenvalue weighted by atomic mass is 35.5. The van der Waals surface area contributed by atoms with Gasteiger partial charge in [-0.15, -0.1) is 11.3 Å². The number of methoxy groups -OCH3 is 1. The van der Waals surface area contributed by atoms with E-state index in [4.69, 9.17) is 16.3 Å². The quantitative estimate of drug-likeness (QED) is 0.806. The third-order valence-electron chi connectivity index (χ3n) is 2.90. The van der Waals surface area contributed by atoms with E-state index >= 15 is 0 Å². The molecule has 0 radical (unpaired) electrons. The van der Waals surface area contributed by atoms with Gasteiger partial charge in [-0.3, -0.25) is 9.59 Å². The molecule has 0 unspecified atom stereocenters. The van der Waals surface area contributed by atoms with Gasteiger partial charge in [0.25, 0.3) is 5.91 Å². The van der Waals surface area contributed by atoms with Gasteiger partial charge in [-0.25, -0.2) is 4.98 Å². The lowest BCUT2D eigenvalue weighted by atomic mass is 10.1. The summed E-state index contributed by atoms with van der Waals surface area (Å²) in [5, 5.41) is 2.22. The van der Waals surface area contributed by atoms with Crippen LogP contribution < -0.4 is 10.1 Å². The van der Waals surface area contributed by atoms with Gasteiger partial charge in [-0.2, -0.15) is 13.2 Å². The second-order valence-corrected chi connectivity index (χ2v) is 5.85. The number of thiazole rings is 1. The Bertz CT molecular complexity index is 805. The Morgan fingerprint density at radius 2 is 2.00 bits per heavy atom. The van der Waals surface area contributed by atoms with Crippen LogP contribution in [0.2, 0.25) is 5.02 Å². The molecule has 1 heterocycles. The molecule has 0 atom stereocenters. The van der Waals surface area contributed by atoms with E-state index in [1.54, 1.807) is 0 Å². The summed E-state index contributed by atoms with van der Waals surface area (Å²) >= 11 is 6.33. The number of ether oxygens (including phenoxy) is 1. The van der Waals surface area contributed by atoms with Crippen molar-refractivity contribution in [1.82, 2.24) is 4.98 Å². The Hall–Kier alpha value is -2.13. The maximum absolute atomic E-state index is 12.5. The predicted octanol–water partition coefficient (Wildman–Crippen LogP) is 4.28. The minimum Gasteiger partial charge on any atom is -0.494 e. The minimum atomic E-state index is -4.62. The maximum Gasteiger partial charge on any atom is 0.443 e. The molecule has 2 aromatic rings. The molecule has 0 aliphatic rings. The normalized spacial score (nSPS) is 11.2. The fraction of sp³-hybridized carbons (Fsp3) is 0.214. The number of nitrogens with one attached hydrogen (secondary N) is 1. The van der Waals surface area contributed by atoms with E-state index in [1.807, 2.05) is 0 Å². The lowest BCUT2D eigenvalue weighted by Gasteiger charge is -2.12. The molecule has 2 rings (SSSR count). The van der Waals surface area contributed by atoms with E-state index in [-0.39, 0.29) is 27.8 Å². The van der Waals surface area contributed by atoms with Crippen molar-refractivity contribution >= 4 is 40.3 Å². The van der Waals surface area contributed by atoms with E-state index in [2.05, 4.69) is 10.3 Å². The molecule has 0 aliphatic heterocycles.